The van der Waals surface area contributed by atoms with Crippen molar-refractivity contribution in [1.29, 1.82) is 0 Å². The van der Waals surface area contributed by atoms with Crippen molar-refractivity contribution in [1.82, 2.24) is 14.8 Å². The quantitative estimate of drug-likeness (QED) is 0.320. The number of nitrogens with zero attached hydrogens (tertiary/aromatic N) is 3. The molecule has 0 radical (unpaired) electrons. The molecule has 2 aromatic heterocycles. The maximum atomic E-state index is 13.2. The second-order valence-corrected chi connectivity index (χ2v) is 9.17. The maximum absolute atomic E-state index is 13.2. The summed E-state index contributed by atoms with van der Waals surface area (Å²) in [7, 11) is 0. The topological polar surface area (TPSA) is 30.7 Å². The van der Waals surface area contributed by atoms with Crippen LogP contribution in [0.3, 0.4) is 0 Å². The molecule has 168 valence electrons. The van der Waals surface area contributed by atoms with Crippen LogP contribution in [0.4, 0.5) is 13.2 Å². The lowest BCUT2D eigenvalue weighted by atomic mass is 10.2. The maximum Gasteiger partial charge on any atom is 0.435 e. The highest BCUT2D eigenvalue weighted by molar-refractivity contribution is 8.07. The molecular weight excluding hydrogens is 459 g/mol. The predicted octanol–water partition coefficient (Wildman–Crippen LogP) is 7.76. The first-order chi connectivity index (χ1) is 14.8. The van der Waals surface area contributed by atoms with Crippen LogP contribution < -0.4 is 0 Å². The summed E-state index contributed by atoms with van der Waals surface area (Å²) in [4.78, 5) is 6.52. The smallest absolute Gasteiger partial charge is 0.262 e. The Bertz CT molecular complexity index is 1010. The lowest BCUT2D eigenvalue weighted by molar-refractivity contribution is -0.141. The van der Waals surface area contributed by atoms with Crippen molar-refractivity contribution >= 4 is 39.8 Å². The van der Waals surface area contributed by atoms with E-state index >= 15 is 0 Å². The largest absolute Gasteiger partial charge is 0.435 e. The van der Waals surface area contributed by atoms with E-state index < -0.39 is 11.9 Å². The minimum absolute atomic E-state index is 0.226. The van der Waals surface area contributed by atoms with Crippen molar-refractivity contribution in [2.45, 2.75) is 51.1 Å². The number of hydrogen-bond acceptors (Lipinski definition) is 5. The van der Waals surface area contributed by atoms with Crippen LogP contribution in [-0.2, 0) is 18.5 Å². The number of hydrogen-bond donors (Lipinski definition) is 0. The van der Waals surface area contributed by atoms with Gasteiger partial charge in [-0.15, -0.1) is 34.9 Å². The molecule has 0 saturated heterocycles. The van der Waals surface area contributed by atoms with Gasteiger partial charge in [-0.1, -0.05) is 32.1 Å². The Balaban J connectivity index is 0.00000166. The van der Waals surface area contributed by atoms with E-state index in [-0.39, 0.29) is 6.54 Å². The summed E-state index contributed by atoms with van der Waals surface area (Å²) in [6.07, 6.45) is -0.475. The highest BCUT2D eigenvalue weighted by Crippen LogP contribution is 2.34. The molecule has 0 aliphatic carbocycles. The van der Waals surface area contributed by atoms with Crippen LogP contribution in [0, 0.1) is 6.92 Å². The summed E-state index contributed by atoms with van der Waals surface area (Å²) >= 11 is 4.64. The van der Waals surface area contributed by atoms with E-state index in [1.807, 2.05) is 63.6 Å². The van der Waals surface area contributed by atoms with E-state index in [1.165, 1.54) is 27.8 Å². The number of thiazole rings is 1. The molecule has 0 fully saturated rings. The van der Waals surface area contributed by atoms with Crippen molar-refractivity contribution in [2.24, 2.45) is 0 Å². The molecule has 0 atom stereocenters. The van der Waals surface area contributed by atoms with Crippen molar-refractivity contribution in [2.75, 3.05) is 6.26 Å². The summed E-state index contributed by atoms with van der Waals surface area (Å²) in [5, 5.41) is 6.54. The molecule has 0 N–H and O–H groups in total. The molecule has 0 amide bonds. The van der Waals surface area contributed by atoms with Gasteiger partial charge in [0.25, 0.3) is 0 Å². The average molecular weight is 486 g/mol. The standard InChI is InChI=1S/C20H20F3N3S3.C2H6/c1-4-18(14-6-5-7-17(8-14)27-3)29-12-16-9-19(20(21,22)23)25-26(16)10-15-11-28-13(2)24-15;1-2/h4-9,11H,10,12H2,1-3H3;1-2H3/b18-4-;. The Morgan fingerprint density at radius 1 is 1.23 bits per heavy atom. The molecule has 0 aliphatic heterocycles. The molecule has 31 heavy (non-hydrogen) atoms. The summed E-state index contributed by atoms with van der Waals surface area (Å²) in [6.45, 7) is 8.03. The highest BCUT2D eigenvalue weighted by atomic mass is 32.2. The molecular formula is C22H26F3N3S3. The Morgan fingerprint density at radius 2 is 1.97 bits per heavy atom. The normalized spacial score (nSPS) is 11.9. The number of rotatable bonds is 7. The predicted molar refractivity (Wildman–Crippen MR) is 128 cm³/mol. The van der Waals surface area contributed by atoms with E-state index in [1.54, 1.807) is 11.8 Å². The zero-order valence-corrected chi connectivity index (χ0v) is 20.6. The van der Waals surface area contributed by atoms with E-state index in [2.05, 4.69) is 16.1 Å². The zero-order valence-electron chi connectivity index (χ0n) is 18.2. The molecule has 0 bridgehead atoms. The van der Waals surface area contributed by atoms with Gasteiger partial charge in [0.15, 0.2) is 5.69 Å². The van der Waals surface area contributed by atoms with Gasteiger partial charge in [-0.2, -0.15) is 18.3 Å². The Hall–Kier alpha value is -1.71. The molecule has 0 saturated carbocycles. The molecule has 3 nitrogen and oxygen atoms in total. The van der Waals surface area contributed by atoms with Gasteiger partial charge >= 0.3 is 6.18 Å². The second-order valence-electron chi connectivity index (χ2n) is 6.21. The molecule has 3 aromatic rings. The highest BCUT2D eigenvalue weighted by Gasteiger charge is 2.35. The van der Waals surface area contributed by atoms with Crippen LogP contribution >= 0.6 is 34.9 Å². The first-order valence-corrected chi connectivity index (χ1v) is 12.9. The first-order valence-electron chi connectivity index (χ1n) is 9.78. The molecule has 0 spiro atoms. The molecule has 3 rings (SSSR count). The van der Waals surface area contributed by atoms with Crippen LogP contribution in [0.25, 0.3) is 4.91 Å². The third kappa shape index (κ3) is 7.15. The van der Waals surface area contributed by atoms with Gasteiger partial charge in [-0.3, -0.25) is 4.68 Å². The van der Waals surface area contributed by atoms with Gasteiger partial charge in [0, 0.05) is 26.6 Å². The Labute approximate surface area is 194 Å². The summed E-state index contributed by atoms with van der Waals surface area (Å²) in [5.74, 6) is 0.384. The van der Waals surface area contributed by atoms with Gasteiger partial charge in [-0.25, -0.2) is 4.98 Å². The monoisotopic (exact) mass is 485 g/mol. The number of alkyl halides is 3. The van der Waals surface area contributed by atoms with Crippen molar-refractivity contribution in [3.63, 3.8) is 0 Å². The third-order valence-corrected chi connectivity index (χ3v) is 6.89. The lowest BCUT2D eigenvalue weighted by Crippen LogP contribution is -2.09. The van der Waals surface area contributed by atoms with Crippen LogP contribution in [-0.4, -0.2) is 21.0 Å². The van der Waals surface area contributed by atoms with Crippen LogP contribution in [0.2, 0.25) is 0 Å². The number of halogens is 3. The summed E-state index contributed by atoms with van der Waals surface area (Å²) in [5.41, 5.74) is 1.43. The minimum atomic E-state index is -4.47. The van der Waals surface area contributed by atoms with E-state index in [4.69, 9.17) is 0 Å². The van der Waals surface area contributed by atoms with Gasteiger partial charge in [0.1, 0.15) is 0 Å². The SMILES string of the molecule is C/C=C(\SCc1cc(C(F)(F)F)nn1Cc1csc(C)n1)c1cccc(SC)c1.CC. The third-order valence-electron chi connectivity index (χ3n) is 4.12. The van der Waals surface area contributed by atoms with Crippen molar-refractivity contribution in [3.05, 3.63) is 69.4 Å². The van der Waals surface area contributed by atoms with Gasteiger partial charge < -0.3 is 0 Å². The molecule has 1 aromatic carbocycles. The average Bonchev–Trinajstić information content (AvgIpc) is 3.36. The molecule has 0 unspecified atom stereocenters. The summed E-state index contributed by atoms with van der Waals surface area (Å²) < 4.78 is 41.1. The van der Waals surface area contributed by atoms with E-state index in [9.17, 15) is 13.2 Å². The molecule has 2 heterocycles. The number of aryl methyl sites for hydroxylation is 1. The van der Waals surface area contributed by atoms with E-state index in [0.717, 1.165) is 32.1 Å². The Kier molecular flexibility index (Phi) is 9.71. The fraction of sp³-hybridized carbons (Fsp3) is 0.364. The minimum Gasteiger partial charge on any atom is -0.262 e. The van der Waals surface area contributed by atoms with Gasteiger partial charge in [0.05, 0.1) is 17.2 Å². The zero-order chi connectivity index (χ0) is 23.0. The van der Waals surface area contributed by atoms with Crippen molar-refractivity contribution < 1.29 is 13.2 Å². The Morgan fingerprint density at radius 3 is 2.55 bits per heavy atom. The van der Waals surface area contributed by atoms with Gasteiger partial charge in [-0.05, 0) is 43.9 Å². The lowest BCUT2D eigenvalue weighted by Gasteiger charge is -2.10. The first kappa shape index (κ1) is 25.5. The summed E-state index contributed by atoms with van der Waals surface area (Å²) in [6, 6.07) is 9.26. The van der Waals surface area contributed by atoms with Crippen LogP contribution in [0.15, 0.2) is 46.7 Å². The molecule has 0 aliphatic rings. The molecule has 9 heteroatoms. The fourth-order valence-corrected chi connectivity index (χ4v) is 4.80. The number of thioether (sulfide) groups is 2. The number of benzene rings is 1. The van der Waals surface area contributed by atoms with Crippen LogP contribution in [0.1, 0.15) is 48.4 Å². The van der Waals surface area contributed by atoms with E-state index in [0.29, 0.717) is 11.4 Å². The fourth-order valence-electron chi connectivity index (χ4n) is 2.74. The number of allylic oxidation sites excluding steroid dienone is 1. The van der Waals surface area contributed by atoms with Crippen molar-refractivity contribution in [3.8, 4) is 0 Å². The van der Waals surface area contributed by atoms with Gasteiger partial charge in [0.2, 0.25) is 0 Å². The number of aromatic nitrogens is 3. The van der Waals surface area contributed by atoms with Crippen LogP contribution in [0.5, 0.6) is 0 Å². The second kappa shape index (κ2) is 11.8.